The number of phenolic OH excluding ortho intramolecular Hbond substituents is 1. The van der Waals surface area contributed by atoms with Crippen LogP contribution in [-0.4, -0.2) is 73.4 Å². The molecule has 0 unspecified atom stereocenters. The molecule has 0 saturated heterocycles. The molecule has 1 rings (SSSR count). The van der Waals surface area contributed by atoms with Gasteiger partial charge >= 0.3 is 0 Å². The Bertz CT molecular complexity index is 482. The normalized spacial score (nSPS) is 16.1. The summed E-state index contributed by atoms with van der Waals surface area (Å²) >= 11 is 3.35. The number of hydrogen-bond donors (Lipinski definition) is 7. The zero-order valence-corrected chi connectivity index (χ0v) is 15.6. The Morgan fingerprint density at radius 1 is 0.917 bits per heavy atom. The van der Waals surface area contributed by atoms with Crippen LogP contribution in [-0.2, 0) is 0 Å². The van der Waals surface area contributed by atoms with Crippen molar-refractivity contribution in [2.45, 2.75) is 51.1 Å². The molecule has 0 amide bonds. The van der Waals surface area contributed by atoms with E-state index in [-0.39, 0.29) is 0 Å². The maximum absolute atomic E-state index is 9.70. The summed E-state index contributed by atoms with van der Waals surface area (Å²) in [5.41, 5.74) is 2.06. The molecule has 0 aliphatic carbocycles. The smallest absolute Gasteiger partial charge is 0.133 e. The molecule has 0 spiro atoms. The Kier molecular flexibility index (Phi) is 10.6. The van der Waals surface area contributed by atoms with Crippen LogP contribution in [0.5, 0.6) is 5.75 Å². The molecule has 8 heteroatoms. The van der Waals surface area contributed by atoms with Gasteiger partial charge in [-0.05, 0) is 39.9 Å². The van der Waals surface area contributed by atoms with Crippen LogP contribution in [0.25, 0.3) is 0 Å². The van der Waals surface area contributed by atoms with Gasteiger partial charge in [0.2, 0.25) is 0 Å². The number of hydrogen-bond acceptors (Lipinski definition) is 7. The maximum atomic E-state index is 9.70. The average molecular weight is 411 g/mol. The highest BCUT2D eigenvalue weighted by atomic mass is 79.9. The number of rotatable bonds is 6. The molecule has 7 nitrogen and oxygen atoms in total. The molecule has 4 atom stereocenters. The van der Waals surface area contributed by atoms with Crippen LogP contribution < -0.4 is 0 Å². The lowest BCUT2D eigenvalue weighted by molar-refractivity contribution is -0.123. The summed E-state index contributed by atoms with van der Waals surface area (Å²) in [5, 5.41) is 61.9. The van der Waals surface area contributed by atoms with E-state index >= 15 is 0 Å². The Morgan fingerprint density at radius 2 is 1.33 bits per heavy atom. The van der Waals surface area contributed by atoms with Crippen molar-refractivity contribution in [3.63, 3.8) is 0 Å². The lowest BCUT2D eigenvalue weighted by Gasteiger charge is -2.24. The Morgan fingerprint density at radius 3 is 1.67 bits per heavy atom. The lowest BCUT2D eigenvalue weighted by atomic mass is 10.0. The number of aliphatic hydroxyl groups is 6. The molecule has 0 bridgehead atoms. The molecule has 0 aliphatic rings. The second kappa shape index (κ2) is 11.0. The highest BCUT2D eigenvalue weighted by molar-refractivity contribution is 9.10. The van der Waals surface area contributed by atoms with Crippen LogP contribution in [0.3, 0.4) is 0 Å². The van der Waals surface area contributed by atoms with Gasteiger partial charge in [0, 0.05) is 0 Å². The number of aromatic hydroxyl groups is 1. The van der Waals surface area contributed by atoms with Gasteiger partial charge in [-0.3, -0.25) is 0 Å². The van der Waals surface area contributed by atoms with Crippen molar-refractivity contribution < 1.29 is 35.7 Å². The first-order valence-corrected chi connectivity index (χ1v) is 8.29. The minimum absolute atomic E-state index is 0.363. The van der Waals surface area contributed by atoms with Gasteiger partial charge in [-0.25, -0.2) is 0 Å². The minimum atomic E-state index is -1.67. The molecule has 0 saturated carbocycles. The average Bonchev–Trinajstić information content (AvgIpc) is 2.57. The molecule has 1 aromatic rings. The van der Waals surface area contributed by atoms with E-state index in [9.17, 15) is 5.11 Å². The fourth-order valence-electron chi connectivity index (χ4n) is 1.82. The maximum Gasteiger partial charge on any atom is 0.133 e. The van der Waals surface area contributed by atoms with E-state index in [0.717, 1.165) is 15.6 Å². The van der Waals surface area contributed by atoms with Gasteiger partial charge in [0.05, 0.1) is 17.7 Å². The largest absolute Gasteiger partial charge is 0.506 e. The topological polar surface area (TPSA) is 142 Å². The van der Waals surface area contributed by atoms with Gasteiger partial charge in [0.15, 0.2) is 0 Å². The van der Waals surface area contributed by atoms with Crippen LogP contribution in [0.15, 0.2) is 16.6 Å². The molecule has 0 radical (unpaired) electrons. The Hall–Kier alpha value is -0.740. The van der Waals surface area contributed by atoms with Crippen LogP contribution in [0, 0.1) is 6.92 Å². The summed E-state index contributed by atoms with van der Waals surface area (Å²) in [4.78, 5) is 0. The first-order chi connectivity index (χ1) is 11.1. The summed E-state index contributed by atoms with van der Waals surface area (Å²) in [6.07, 6.45) is -6.39. The Labute approximate surface area is 150 Å². The summed E-state index contributed by atoms with van der Waals surface area (Å²) < 4.78 is 0.814. The summed E-state index contributed by atoms with van der Waals surface area (Å²) in [7, 11) is 0. The second-order valence-electron chi connectivity index (χ2n) is 5.77. The van der Waals surface area contributed by atoms with Gasteiger partial charge in [0.1, 0.15) is 30.2 Å². The van der Waals surface area contributed by atoms with E-state index in [0.29, 0.717) is 11.7 Å². The molecular formula is C16H27BrO7. The van der Waals surface area contributed by atoms with Crippen molar-refractivity contribution in [3.8, 4) is 5.75 Å². The molecule has 24 heavy (non-hydrogen) atoms. The first-order valence-electron chi connectivity index (χ1n) is 7.50. The van der Waals surface area contributed by atoms with Crippen LogP contribution in [0.4, 0.5) is 0 Å². The van der Waals surface area contributed by atoms with Gasteiger partial charge in [-0.15, -0.1) is 0 Å². The van der Waals surface area contributed by atoms with Gasteiger partial charge in [-0.2, -0.15) is 0 Å². The highest BCUT2D eigenvalue weighted by Gasteiger charge is 2.29. The number of halogens is 1. The highest BCUT2D eigenvalue weighted by Crippen LogP contribution is 2.34. The summed E-state index contributed by atoms with van der Waals surface area (Å²) in [6.45, 7) is 4.65. The first kappa shape index (κ1) is 23.3. The lowest BCUT2D eigenvalue weighted by Crippen LogP contribution is -2.46. The number of aryl methyl sites for hydroxylation is 1. The molecule has 1 aromatic carbocycles. The molecule has 7 N–H and O–H groups in total. The van der Waals surface area contributed by atoms with Gasteiger partial charge < -0.3 is 35.7 Å². The number of benzene rings is 1. The van der Waals surface area contributed by atoms with E-state index in [1.807, 2.05) is 19.1 Å². The third-order valence-electron chi connectivity index (χ3n) is 3.47. The van der Waals surface area contributed by atoms with Crippen molar-refractivity contribution in [1.82, 2.24) is 0 Å². The monoisotopic (exact) mass is 410 g/mol. The van der Waals surface area contributed by atoms with Gasteiger partial charge in [0.25, 0.3) is 0 Å². The second-order valence-corrected chi connectivity index (χ2v) is 6.56. The van der Waals surface area contributed by atoms with E-state index in [1.54, 1.807) is 0 Å². The number of aliphatic hydroxyl groups excluding tert-OH is 6. The molecule has 0 fully saturated rings. The van der Waals surface area contributed by atoms with Crippen molar-refractivity contribution in [2.75, 3.05) is 13.2 Å². The minimum Gasteiger partial charge on any atom is -0.506 e. The predicted octanol–water partition coefficient (Wildman–Crippen LogP) is 0.00112. The van der Waals surface area contributed by atoms with Crippen molar-refractivity contribution in [3.05, 3.63) is 27.7 Å². The fourth-order valence-corrected chi connectivity index (χ4v) is 2.18. The quantitative estimate of drug-likeness (QED) is 0.349. The van der Waals surface area contributed by atoms with E-state index in [4.69, 9.17) is 30.6 Å². The summed E-state index contributed by atoms with van der Waals surface area (Å²) in [5.74, 6) is 0.742. The summed E-state index contributed by atoms with van der Waals surface area (Å²) in [6, 6.07) is 3.99. The van der Waals surface area contributed by atoms with Crippen LogP contribution >= 0.6 is 15.9 Å². The SMILES string of the molecule is Cc1ccc(C(C)C)c(O)c1Br.OC[C@@H](O)[C@@H](O)[C@H](O)[C@H](O)CO. The van der Waals surface area contributed by atoms with Crippen molar-refractivity contribution in [2.24, 2.45) is 0 Å². The standard InChI is InChI=1S/C10H13BrO.C6H14O6/c1-6(2)8-5-4-7(3)9(11)10(8)12;7-1-3(9)5(11)6(12)4(10)2-8/h4-6,12H,1-3H3;3-12H,1-2H2/t;3-,4-,5-,6-/m.1/s1. The van der Waals surface area contributed by atoms with Crippen LogP contribution in [0.2, 0.25) is 0 Å². The van der Waals surface area contributed by atoms with E-state index in [1.165, 1.54) is 0 Å². The van der Waals surface area contributed by atoms with Crippen molar-refractivity contribution >= 4 is 15.9 Å². The van der Waals surface area contributed by atoms with Crippen molar-refractivity contribution in [1.29, 1.82) is 0 Å². The molecule has 140 valence electrons. The third-order valence-corrected chi connectivity index (χ3v) is 4.48. The number of phenols is 1. The molecular weight excluding hydrogens is 384 g/mol. The zero-order chi connectivity index (χ0) is 19.0. The zero-order valence-electron chi connectivity index (χ0n) is 14.0. The van der Waals surface area contributed by atoms with Gasteiger partial charge in [-0.1, -0.05) is 26.0 Å². The van der Waals surface area contributed by atoms with E-state index in [2.05, 4.69) is 29.8 Å². The van der Waals surface area contributed by atoms with E-state index < -0.39 is 37.6 Å². The van der Waals surface area contributed by atoms with Crippen LogP contribution in [0.1, 0.15) is 30.9 Å². The Balaban J connectivity index is 0.000000441. The molecule has 0 aliphatic heterocycles. The fraction of sp³-hybridized carbons (Fsp3) is 0.625. The third kappa shape index (κ3) is 6.64. The predicted molar refractivity (Wildman–Crippen MR) is 92.8 cm³/mol. The molecule has 0 heterocycles. The molecule has 0 aromatic heterocycles.